The minimum atomic E-state index is -0.163. The Labute approximate surface area is 109 Å². The normalized spacial score (nSPS) is 12.3. The predicted molar refractivity (Wildman–Crippen MR) is 74.0 cm³/mol. The Hall–Kier alpha value is -1.83. The molecule has 1 atom stereocenters. The average Bonchev–Trinajstić information content (AvgIpc) is 2.38. The molecule has 0 aromatic heterocycles. The smallest absolute Gasteiger partial charge is 0.306 e. The van der Waals surface area contributed by atoms with Gasteiger partial charge in [0.05, 0.1) is 6.42 Å². The quantitative estimate of drug-likeness (QED) is 0.537. The first kappa shape index (κ1) is 14.2. The summed E-state index contributed by atoms with van der Waals surface area (Å²) < 4.78 is 5.24. The SMILES string of the molecule is C=CCC(/C=C\C)CC(=O)OCc1ccccc1. The second-order valence-corrected chi connectivity index (χ2v) is 4.16. The zero-order valence-corrected chi connectivity index (χ0v) is 10.8. The first-order valence-electron chi connectivity index (χ1n) is 6.19. The van der Waals surface area contributed by atoms with Crippen LogP contribution in [0.25, 0.3) is 0 Å². The summed E-state index contributed by atoms with van der Waals surface area (Å²) in [7, 11) is 0. The number of esters is 1. The summed E-state index contributed by atoms with van der Waals surface area (Å²) in [5.74, 6) is 0.0274. The van der Waals surface area contributed by atoms with E-state index in [1.807, 2.05) is 55.5 Å². The number of rotatable bonds is 7. The van der Waals surface area contributed by atoms with Crippen molar-refractivity contribution in [1.82, 2.24) is 0 Å². The second-order valence-electron chi connectivity index (χ2n) is 4.16. The van der Waals surface area contributed by atoms with Gasteiger partial charge in [-0.3, -0.25) is 4.79 Å². The van der Waals surface area contributed by atoms with Crippen LogP contribution < -0.4 is 0 Å². The van der Waals surface area contributed by atoms with E-state index in [0.29, 0.717) is 13.0 Å². The van der Waals surface area contributed by atoms with Gasteiger partial charge in [0.1, 0.15) is 6.61 Å². The highest BCUT2D eigenvalue weighted by atomic mass is 16.5. The number of ether oxygens (including phenoxy) is 1. The lowest BCUT2D eigenvalue weighted by atomic mass is 10.0. The van der Waals surface area contributed by atoms with Crippen LogP contribution in [0.2, 0.25) is 0 Å². The molecule has 0 aliphatic heterocycles. The molecule has 18 heavy (non-hydrogen) atoms. The molecule has 1 aromatic rings. The third-order valence-electron chi connectivity index (χ3n) is 2.61. The van der Waals surface area contributed by atoms with Crippen LogP contribution in [0, 0.1) is 5.92 Å². The molecule has 0 spiro atoms. The van der Waals surface area contributed by atoms with Gasteiger partial charge < -0.3 is 4.74 Å². The van der Waals surface area contributed by atoms with Crippen molar-refractivity contribution in [1.29, 1.82) is 0 Å². The molecule has 0 heterocycles. The molecule has 0 saturated carbocycles. The predicted octanol–water partition coefficient (Wildman–Crippen LogP) is 3.89. The lowest BCUT2D eigenvalue weighted by Crippen LogP contribution is -2.10. The van der Waals surface area contributed by atoms with Crippen LogP contribution in [0.3, 0.4) is 0 Å². The maximum absolute atomic E-state index is 11.7. The van der Waals surface area contributed by atoms with E-state index in [-0.39, 0.29) is 11.9 Å². The van der Waals surface area contributed by atoms with Gasteiger partial charge >= 0.3 is 5.97 Å². The summed E-state index contributed by atoms with van der Waals surface area (Å²) in [4.78, 5) is 11.7. The zero-order valence-electron chi connectivity index (χ0n) is 10.8. The van der Waals surface area contributed by atoms with E-state index >= 15 is 0 Å². The molecule has 0 aliphatic carbocycles. The van der Waals surface area contributed by atoms with Crippen LogP contribution in [0.4, 0.5) is 0 Å². The Balaban J connectivity index is 2.38. The highest BCUT2D eigenvalue weighted by molar-refractivity contribution is 5.70. The summed E-state index contributed by atoms with van der Waals surface area (Å²) in [6.45, 7) is 5.99. The molecule has 2 nitrogen and oxygen atoms in total. The Kier molecular flexibility index (Phi) is 6.55. The van der Waals surface area contributed by atoms with E-state index in [1.165, 1.54) is 0 Å². The fourth-order valence-electron chi connectivity index (χ4n) is 1.73. The Morgan fingerprint density at radius 3 is 2.72 bits per heavy atom. The molecular formula is C16H20O2. The summed E-state index contributed by atoms with van der Waals surface area (Å²) in [5.41, 5.74) is 1.01. The molecule has 1 aromatic carbocycles. The molecule has 0 N–H and O–H groups in total. The van der Waals surface area contributed by atoms with Crippen molar-refractivity contribution < 1.29 is 9.53 Å². The van der Waals surface area contributed by atoms with E-state index in [0.717, 1.165) is 12.0 Å². The maximum Gasteiger partial charge on any atom is 0.306 e. The molecule has 0 amide bonds. The highest BCUT2D eigenvalue weighted by Gasteiger charge is 2.10. The summed E-state index contributed by atoms with van der Waals surface area (Å²) in [6, 6.07) is 9.70. The third-order valence-corrected chi connectivity index (χ3v) is 2.61. The monoisotopic (exact) mass is 244 g/mol. The Morgan fingerprint density at radius 1 is 1.39 bits per heavy atom. The van der Waals surface area contributed by atoms with Gasteiger partial charge in [0.15, 0.2) is 0 Å². The van der Waals surface area contributed by atoms with E-state index < -0.39 is 0 Å². The van der Waals surface area contributed by atoms with Gasteiger partial charge in [-0.25, -0.2) is 0 Å². The van der Waals surface area contributed by atoms with Crippen LogP contribution in [0.5, 0.6) is 0 Å². The second kappa shape index (κ2) is 8.29. The molecule has 96 valence electrons. The lowest BCUT2D eigenvalue weighted by Gasteiger charge is -2.10. The van der Waals surface area contributed by atoms with Crippen molar-refractivity contribution in [3.8, 4) is 0 Å². The third kappa shape index (κ3) is 5.48. The number of carbonyl (C=O) groups excluding carboxylic acids is 1. The van der Waals surface area contributed by atoms with E-state index in [1.54, 1.807) is 0 Å². The number of benzene rings is 1. The summed E-state index contributed by atoms with van der Waals surface area (Å²) in [6.07, 6.45) is 7.01. The van der Waals surface area contributed by atoms with Crippen LogP contribution in [0.15, 0.2) is 55.1 Å². The fourth-order valence-corrected chi connectivity index (χ4v) is 1.73. The van der Waals surface area contributed by atoms with Crippen LogP contribution in [-0.4, -0.2) is 5.97 Å². The Bertz CT molecular complexity index is 393. The summed E-state index contributed by atoms with van der Waals surface area (Å²) >= 11 is 0. The fraction of sp³-hybridized carbons (Fsp3) is 0.312. The van der Waals surface area contributed by atoms with Crippen LogP contribution >= 0.6 is 0 Å². The number of hydrogen-bond acceptors (Lipinski definition) is 2. The van der Waals surface area contributed by atoms with Crippen molar-refractivity contribution >= 4 is 5.97 Å². The van der Waals surface area contributed by atoms with E-state index in [9.17, 15) is 4.79 Å². The molecule has 0 aliphatic rings. The maximum atomic E-state index is 11.7. The van der Waals surface area contributed by atoms with Crippen molar-refractivity contribution in [3.63, 3.8) is 0 Å². The summed E-state index contributed by atoms with van der Waals surface area (Å²) in [5, 5.41) is 0. The number of carbonyl (C=O) groups is 1. The largest absolute Gasteiger partial charge is 0.461 e. The van der Waals surface area contributed by atoms with Crippen molar-refractivity contribution in [2.24, 2.45) is 5.92 Å². The van der Waals surface area contributed by atoms with Gasteiger partial charge in [-0.2, -0.15) is 0 Å². The first-order valence-corrected chi connectivity index (χ1v) is 6.19. The molecule has 1 rings (SSSR count). The molecular weight excluding hydrogens is 224 g/mol. The van der Waals surface area contributed by atoms with Crippen molar-refractivity contribution in [3.05, 3.63) is 60.7 Å². The van der Waals surface area contributed by atoms with E-state index in [2.05, 4.69) is 6.58 Å². The van der Waals surface area contributed by atoms with Gasteiger partial charge in [-0.05, 0) is 24.8 Å². The van der Waals surface area contributed by atoms with Gasteiger partial charge in [0.2, 0.25) is 0 Å². The molecule has 2 heteroatoms. The van der Waals surface area contributed by atoms with Gasteiger partial charge in [-0.1, -0.05) is 48.6 Å². The molecule has 1 unspecified atom stereocenters. The van der Waals surface area contributed by atoms with Crippen molar-refractivity contribution in [2.45, 2.75) is 26.4 Å². The van der Waals surface area contributed by atoms with Gasteiger partial charge in [0, 0.05) is 0 Å². The van der Waals surface area contributed by atoms with Crippen LogP contribution in [-0.2, 0) is 16.1 Å². The average molecular weight is 244 g/mol. The standard InChI is InChI=1S/C16H20O2/c1-3-8-14(9-4-2)12-16(17)18-13-15-10-6-5-7-11-15/h3-7,9-11,14H,1,8,12-13H2,2H3/b9-4-. The minimum absolute atomic E-state index is 0.163. The number of allylic oxidation sites excluding steroid dienone is 3. The van der Waals surface area contributed by atoms with Crippen molar-refractivity contribution in [2.75, 3.05) is 0 Å². The Morgan fingerprint density at radius 2 is 2.11 bits per heavy atom. The van der Waals surface area contributed by atoms with Crippen LogP contribution in [0.1, 0.15) is 25.3 Å². The minimum Gasteiger partial charge on any atom is -0.461 e. The molecule has 0 fully saturated rings. The molecule has 0 radical (unpaired) electrons. The molecule has 0 bridgehead atoms. The van der Waals surface area contributed by atoms with Gasteiger partial charge in [-0.15, -0.1) is 6.58 Å². The zero-order chi connectivity index (χ0) is 13.2. The molecule has 0 saturated heterocycles. The highest BCUT2D eigenvalue weighted by Crippen LogP contribution is 2.13. The lowest BCUT2D eigenvalue weighted by molar-refractivity contribution is -0.145. The first-order chi connectivity index (χ1) is 8.76. The van der Waals surface area contributed by atoms with E-state index in [4.69, 9.17) is 4.74 Å². The number of hydrogen-bond donors (Lipinski definition) is 0. The topological polar surface area (TPSA) is 26.3 Å². The van der Waals surface area contributed by atoms with Gasteiger partial charge in [0.25, 0.3) is 0 Å².